The molecular formula is C26H23N3O7. The number of nitrogens with zero attached hydrogens (tertiary/aromatic N) is 2. The maximum Gasteiger partial charge on any atom is 0.265 e. The van der Waals surface area contributed by atoms with Crippen LogP contribution in [0.2, 0.25) is 0 Å². The highest BCUT2D eigenvalue weighted by Crippen LogP contribution is 2.38. The van der Waals surface area contributed by atoms with Crippen molar-refractivity contribution >= 4 is 11.6 Å². The van der Waals surface area contributed by atoms with Gasteiger partial charge in [0.05, 0.1) is 5.56 Å². The van der Waals surface area contributed by atoms with E-state index in [0.717, 1.165) is 5.56 Å². The van der Waals surface area contributed by atoms with E-state index >= 15 is 0 Å². The molecular weight excluding hydrogens is 466 g/mol. The Morgan fingerprint density at radius 1 is 1.03 bits per heavy atom. The highest BCUT2D eigenvalue weighted by molar-refractivity contribution is 5.78. The predicted molar refractivity (Wildman–Crippen MR) is 129 cm³/mol. The summed E-state index contributed by atoms with van der Waals surface area (Å²) < 4.78 is 12.2. The van der Waals surface area contributed by atoms with E-state index in [2.05, 4.69) is 10.3 Å². The summed E-state index contributed by atoms with van der Waals surface area (Å²) in [6.45, 7) is 0.333. The molecule has 2 aromatic carbocycles. The first-order valence-electron chi connectivity index (χ1n) is 11.3. The van der Waals surface area contributed by atoms with Crippen LogP contribution in [-0.2, 0) is 11.2 Å². The second kappa shape index (κ2) is 9.49. The van der Waals surface area contributed by atoms with Gasteiger partial charge in [-0.1, -0.05) is 18.2 Å². The second-order valence-electron chi connectivity index (χ2n) is 8.38. The number of fused-ring (bicyclic) bond motifs is 2. The van der Waals surface area contributed by atoms with Gasteiger partial charge in [0.15, 0.2) is 23.0 Å². The maximum atomic E-state index is 13.4. The third kappa shape index (κ3) is 4.48. The Bertz CT molecular complexity index is 1520. The van der Waals surface area contributed by atoms with Crippen LogP contribution in [0, 0.1) is 0 Å². The van der Waals surface area contributed by atoms with Gasteiger partial charge in [-0.3, -0.25) is 14.0 Å². The summed E-state index contributed by atoms with van der Waals surface area (Å²) in [5.74, 6) is -1.02. The Balaban J connectivity index is 1.43. The normalized spacial score (nSPS) is 13.0. The largest absolute Gasteiger partial charge is 0.504 e. The summed E-state index contributed by atoms with van der Waals surface area (Å²) in [5.41, 5.74) is 1.12. The first kappa shape index (κ1) is 23.0. The first-order chi connectivity index (χ1) is 17.4. The standard InChI is InChI=1S/C26H23N3O7/c30-18-6-4-15(11-19(18)31)8-9-27-23(32)13-17(16-5-7-20-21(12-16)36-14-35-20)24-25(33)28-22-3-1-2-10-29(22)26(24)34/h1-7,10-12,17,30-31,33H,8-9,13-14H2,(H,27,32)/t17-/m1/s1. The number of phenolic OH excluding ortho intramolecular Hbond substituents is 2. The van der Waals surface area contributed by atoms with E-state index in [0.29, 0.717) is 23.5 Å². The van der Waals surface area contributed by atoms with Gasteiger partial charge in [-0.15, -0.1) is 0 Å². The van der Waals surface area contributed by atoms with Gasteiger partial charge in [0.1, 0.15) is 5.65 Å². The average molecular weight is 489 g/mol. The number of carbonyl (C=O) groups is 1. The average Bonchev–Trinajstić information content (AvgIpc) is 3.33. The quantitative estimate of drug-likeness (QED) is 0.290. The Hall–Kier alpha value is -4.73. The lowest BCUT2D eigenvalue weighted by Crippen LogP contribution is -2.30. The highest BCUT2D eigenvalue weighted by atomic mass is 16.7. The van der Waals surface area contributed by atoms with Crippen LogP contribution >= 0.6 is 0 Å². The van der Waals surface area contributed by atoms with Crippen molar-refractivity contribution in [3.05, 3.63) is 87.8 Å². The second-order valence-corrected chi connectivity index (χ2v) is 8.38. The van der Waals surface area contributed by atoms with Gasteiger partial charge in [0.25, 0.3) is 5.56 Å². The lowest BCUT2D eigenvalue weighted by molar-refractivity contribution is -0.121. The van der Waals surface area contributed by atoms with Crippen molar-refractivity contribution in [3.8, 4) is 28.9 Å². The minimum atomic E-state index is -0.811. The zero-order chi connectivity index (χ0) is 25.2. The van der Waals surface area contributed by atoms with Gasteiger partial charge in [0.2, 0.25) is 18.6 Å². The first-order valence-corrected chi connectivity index (χ1v) is 11.3. The third-order valence-corrected chi connectivity index (χ3v) is 6.06. The number of benzene rings is 2. The summed E-state index contributed by atoms with van der Waals surface area (Å²) in [6, 6.07) is 14.6. The van der Waals surface area contributed by atoms with E-state index < -0.39 is 17.4 Å². The van der Waals surface area contributed by atoms with E-state index in [1.807, 2.05) is 0 Å². The summed E-state index contributed by atoms with van der Waals surface area (Å²) in [6.07, 6.45) is 1.83. The molecule has 10 heteroatoms. The lowest BCUT2D eigenvalue weighted by Gasteiger charge is -2.19. The zero-order valence-corrected chi connectivity index (χ0v) is 19.0. The summed E-state index contributed by atoms with van der Waals surface area (Å²) in [4.78, 5) is 30.5. The van der Waals surface area contributed by atoms with Crippen molar-refractivity contribution in [1.82, 2.24) is 14.7 Å². The number of pyridine rings is 1. The number of carbonyl (C=O) groups excluding carboxylic acids is 1. The summed E-state index contributed by atoms with van der Waals surface area (Å²) in [7, 11) is 0. The van der Waals surface area contributed by atoms with Gasteiger partial charge < -0.3 is 30.1 Å². The van der Waals surface area contributed by atoms with Crippen LogP contribution in [-0.4, -0.2) is 43.9 Å². The Labute approximate surface area is 205 Å². The molecule has 5 rings (SSSR count). The molecule has 0 unspecified atom stereocenters. The predicted octanol–water partition coefficient (Wildman–Crippen LogP) is 2.42. The molecule has 0 aliphatic carbocycles. The minimum absolute atomic E-state index is 0.00354. The van der Waals surface area contributed by atoms with Crippen LogP contribution in [0.1, 0.15) is 29.0 Å². The number of aromatic hydroxyl groups is 3. The lowest BCUT2D eigenvalue weighted by atomic mass is 9.89. The number of nitrogens with one attached hydrogen (secondary N) is 1. The molecule has 0 bridgehead atoms. The van der Waals surface area contributed by atoms with Gasteiger partial charge in [0, 0.05) is 25.1 Å². The van der Waals surface area contributed by atoms with Crippen LogP contribution in [0.3, 0.4) is 0 Å². The van der Waals surface area contributed by atoms with Crippen molar-refractivity contribution in [2.24, 2.45) is 0 Å². The monoisotopic (exact) mass is 489 g/mol. The molecule has 10 nitrogen and oxygen atoms in total. The molecule has 3 heterocycles. The number of rotatable bonds is 7. The van der Waals surface area contributed by atoms with Crippen molar-refractivity contribution < 1.29 is 29.6 Å². The minimum Gasteiger partial charge on any atom is -0.504 e. The summed E-state index contributed by atoms with van der Waals surface area (Å²) >= 11 is 0. The van der Waals surface area contributed by atoms with Crippen molar-refractivity contribution in [1.29, 1.82) is 0 Å². The molecule has 0 saturated carbocycles. The van der Waals surface area contributed by atoms with Crippen LogP contribution < -0.4 is 20.3 Å². The van der Waals surface area contributed by atoms with Crippen LogP contribution in [0.5, 0.6) is 28.9 Å². The van der Waals surface area contributed by atoms with E-state index in [-0.39, 0.29) is 48.4 Å². The zero-order valence-electron chi connectivity index (χ0n) is 19.0. The molecule has 1 atom stereocenters. The van der Waals surface area contributed by atoms with E-state index in [1.54, 1.807) is 48.7 Å². The van der Waals surface area contributed by atoms with Crippen molar-refractivity contribution in [3.63, 3.8) is 0 Å². The molecule has 36 heavy (non-hydrogen) atoms. The molecule has 4 aromatic rings. The molecule has 1 amide bonds. The van der Waals surface area contributed by atoms with Crippen LogP contribution in [0.15, 0.2) is 65.6 Å². The maximum absolute atomic E-state index is 13.4. The highest BCUT2D eigenvalue weighted by Gasteiger charge is 2.28. The van der Waals surface area contributed by atoms with Crippen LogP contribution in [0.4, 0.5) is 0 Å². The number of phenols is 2. The SMILES string of the molecule is O=C(C[C@H](c1ccc2c(c1)OCO2)c1c(O)nc2ccccn2c1=O)NCCc1ccc(O)c(O)c1. The van der Waals surface area contributed by atoms with Crippen LogP contribution in [0.25, 0.3) is 5.65 Å². The van der Waals surface area contributed by atoms with Gasteiger partial charge >= 0.3 is 0 Å². The third-order valence-electron chi connectivity index (χ3n) is 6.06. The number of hydrogen-bond acceptors (Lipinski definition) is 8. The number of aromatic nitrogens is 2. The van der Waals surface area contributed by atoms with Crippen molar-refractivity contribution in [2.75, 3.05) is 13.3 Å². The Morgan fingerprint density at radius 2 is 1.86 bits per heavy atom. The van der Waals surface area contributed by atoms with E-state index in [1.165, 1.54) is 16.5 Å². The van der Waals surface area contributed by atoms with E-state index in [4.69, 9.17) is 9.47 Å². The molecule has 0 fully saturated rings. The van der Waals surface area contributed by atoms with Gasteiger partial charge in [-0.25, -0.2) is 0 Å². The van der Waals surface area contributed by atoms with E-state index in [9.17, 15) is 24.9 Å². The molecule has 1 aliphatic heterocycles. The Morgan fingerprint density at radius 3 is 2.69 bits per heavy atom. The van der Waals surface area contributed by atoms with Gasteiger partial charge in [-0.05, 0) is 53.9 Å². The summed E-state index contributed by atoms with van der Waals surface area (Å²) in [5, 5.41) is 32.7. The molecule has 2 aromatic heterocycles. The fourth-order valence-corrected chi connectivity index (χ4v) is 4.24. The fourth-order valence-electron chi connectivity index (χ4n) is 4.24. The van der Waals surface area contributed by atoms with Gasteiger partial charge in [-0.2, -0.15) is 4.98 Å². The molecule has 0 spiro atoms. The Kier molecular flexibility index (Phi) is 6.07. The van der Waals surface area contributed by atoms with Crippen molar-refractivity contribution in [2.45, 2.75) is 18.8 Å². The smallest absolute Gasteiger partial charge is 0.265 e. The number of hydrogen-bond donors (Lipinski definition) is 4. The molecule has 184 valence electrons. The molecule has 0 radical (unpaired) electrons. The fraction of sp³-hybridized carbons (Fsp3) is 0.192. The topological polar surface area (TPSA) is 143 Å². The molecule has 0 saturated heterocycles. The molecule has 4 N–H and O–H groups in total. The molecule has 1 aliphatic rings. The number of amides is 1. The number of ether oxygens (including phenoxy) is 2.